The molecule has 1 aliphatic heterocycles. The summed E-state index contributed by atoms with van der Waals surface area (Å²) < 4.78 is 5.29. The zero-order valence-electron chi connectivity index (χ0n) is 10.2. The number of nitrogens with zero attached hydrogens (tertiary/aromatic N) is 2. The molecule has 0 spiro atoms. The van der Waals surface area contributed by atoms with Gasteiger partial charge in [0.05, 0.1) is 6.20 Å². The minimum Gasteiger partial charge on any atom is -0.339 e. The molecule has 1 saturated heterocycles. The summed E-state index contributed by atoms with van der Waals surface area (Å²) in [6.45, 7) is 2.94. The molecule has 0 bridgehead atoms. The van der Waals surface area contributed by atoms with Crippen LogP contribution in [0.15, 0.2) is 47.1 Å². The van der Waals surface area contributed by atoms with Crippen LogP contribution in [0.2, 0.25) is 0 Å². The molecule has 94 valence electrons. The Kier molecular flexibility index (Phi) is 3.28. The summed E-state index contributed by atoms with van der Waals surface area (Å²) in [5, 5.41) is 7.25. The maximum atomic E-state index is 5.29. The fourth-order valence-corrected chi connectivity index (χ4v) is 2.48. The fourth-order valence-electron chi connectivity index (χ4n) is 2.48. The van der Waals surface area contributed by atoms with E-state index >= 15 is 0 Å². The average molecular weight is 243 g/mol. The van der Waals surface area contributed by atoms with Crippen LogP contribution < -0.4 is 10.2 Å². The molecule has 1 aliphatic rings. The second kappa shape index (κ2) is 5.23. The van der Waals surface area contributed by atoms with E-state index in [1.54, 1.807) is 6.20 Å². The highest BCUT2D eigenvalue weighted by Gasteiger charge is 2.24. The molecule has 1 N–H and O–H groups in total. The SMILES string of the molecule is c1ccc(CC2CNCCN2c2ccno2)cc1. The largest absolute Gasteiger partial charge is 0.339 e. The number of nitrogens with one attached hydrogen (secondary N) is 1. The van der Waals surface area contributed by atoms with Gasteiger partial charge in [0, 0.05) is 31.7 Å². The van der Waals surface area contributed by atoms with Gasteiger partial charge in [0.1, 0.15) is 0 Å². The van der Waals surface area contributed by atoms with Gasteiger partial charge < -0.3 is 14.7 Å². The normalized spacial score (nSPS) is 20.0. The summed E-state index contributed by atoms with van der Waals surface area (Å²) in [6.07, 6.45) is 2.73. The van der Waals surface area contributed by atoms with Crippen molar-refractivity contribution in [2.75, 3.05) is 24.5 Å². The fraction of sp³-hybridized carbons (Fsp3) is 0.357. The van der Waals surface area contributed by atoms with E-state index in [0.717, 1.165) is 31.9 Å². The van der Waals surface area contributed by atoms with Gasteiger partial charge >= 0.3 is 0 Å². The predicted molar refractivity (Wildman–Crippen MR) is 70.7 cm³/mol. The number of hydrogen-bond acceptors (Lipinski definition) is 4. The number of anilines is 1. The van der Waals surface area contributed by atoms with Gasteiger partial charge in [0.25, 0.3) is 0 Å². The number of aromatic nitrogens is 1. The number of benzene rings is 1. The van der Waals surface area contributed by atoms with Gasteiger partial charge in [-0.15, -0.1) is 0 Å². The van der Waals surface area contributed by atoms with Crippen molar-refractivity contribution in [3.63, 3.8) is 0 Å². The van der Waals surface area contributed by atoms with Gasteiger partial charge in [0.15, 0.2) is 0 Å². The van der Waals surface area contributed by atoms with E-state index in [-0.39, 0.29) is 0 Å². The van der Waals surface area contributed by atoms with Crippen LogP contribution in [0.4, 0.5) is 5.88 Å². The highest BCUT2D eigenvalue weighted by Crippen LogP contribution is 2.19. The van der Waals surface area contributed by atoms with E-state index in [9.17, 15) is 0 Å². The number of rotatable bonds is 3. The van der Waals surface area contributed by atoms with Crippen LogP contribution in [0.1, 0.15) is 5.56 Å². The zero-order valence-corrected chi connectivity index (χ0v) is 10.2. The lowest BCUT2D eigenvalue weighted by Crippen LogP contribution is -2.52. The molecule has 1 unspecified atom stereocenters. The third-order valence-electron chi connectivity index (χ3n) is 3.37. The second-order valence-corrected chi connectivity index (χ2v) is 4.59. The molecule has 4 nitrogen and oxygen atoms in total. The van der Waals surface area contributed by atoms with E-state index < -0.39 is 0 Å². The first-order valence-electron chi connectivity index (χ1n) is 6.35. The van der Waals surface area contributed by atoms with Crippen molar-refractivity contribution in [1.82, 2.24) is 10.5 Å². The quantitative estimate of drug-likeness (QED) is 0.890. The standard InChI is InChI=1S/C14H17N3O/c1-2-4-12(5-3-1)10-13-11-15-8-9-17(13)14-6-7-16-18-14/h1-7,13,15H,8-11H2. The van der Waals surface area contributed by atoms with Crippen LogP contribution in [-0.4, -0.2) is 30.8 Å². The van der Waals surface area contributed by atoms with Crippen LogP contribution in [0, 0.1) is 0 Å². The molecule has 1 atom stereocenters. The number of piperazine rings is 1. The van der Waals surface area contributed by atoms with Crippen molar-refractivity contribution in [3.05, 3.63) is 48.2 Å². The Morgan fingerprint density at radius 2 is 2.17 bits per heavy atom. The minimum absolute atomic E-state index is 0.425. The molecule has 0 saturated carbocycles. The summed E-state index contributed by atoms with van der Waals surface area (Å²) in [6, 6.07) is 12.9. The molecule has 1 aromatic heterocycles. The van der Waals surface area contributed by atoms with E-state index in [1.807, 2.05) is 6.07 Å². The first-order chi connectivity index (χ1) is 8.93. The van der Waals surface area contributed by atoms with E-state index in [0.29, 0.717) is 6.04 Å². The van der Waals surface area contributed by atoms with Gasteiger partial charge in [0.2, 0.25) is 5.88 Å². The molecular weight excluding hydrogens is 226 g/mol. The van der Waals surface area contributed by atoms with Crippen molar-refractivity contribution in [1.29, 1.82) is 0 Å². The van der Waals surface area contributed by atoms with Crippen molar-refractivity contribution in [2.45, 2.75) is 12.5 Å². The lowest BCUT2D eigenvalue weighted by atomic mass is 10.0. The monoisotopic (exact) mass is 243 g/mol. The maximum Gasteiger partial charge on any atom is 0.227 e. The third-order valence-corrected chi connectivity index (χ3v) is 3.37. The van der Waals surface area contributed by atoms with E-state index in [1.165, 1.54) is 5.56 Å². The summed E-state index contributed by atoms with van der Waals surface area (Å²) in [4.78, 5) is 2.30. The van der Waals surface area contributed by atoms with Gasteiger partial charge in [-0.2, -0.15) is 0 Å². The van der Waals surface area contributed by atoms with Crippen molar-refractivity contribution < 1.29 is 4.52 Å². The van der Waals surface area contributed by atoms with Gasteiger partial charge in [-0.1, -0.05) is 35.5 Å². The molecule has 2 heterocycles. The average Bonchev–Trinajstić information content (AvgIpc) is 2.94. The predicted octanol–water partition coefficient (Wildman–Crippen LogP) is 1.70. The highest BCUT2D eigenvalue weighted by molar-refractivity contribution is 5.37. The molecule has 4 heteroatoms. The smallest absolute Gasteiger partial charge is 0.227 e. The van der Waals surface area contributed by atoms with Crippen molar-refractivity contribution >= 4 is 5.88 Å². The van der Waals surface area contributed by atoms with Crippen LogP contribution in [0.5, 0.6) is 0 Å². The minimum atomic E-state index is 0.425. The first kappa shape index (κ1) is 11.3. The van der Waals surface area contributed by atoms with Crippen molar-refractivity contribution in [2.24, 2.45) is 0 Å². The van der Waals surface area contributed by atoms with Gasteiger partial charge in [-0.05, 0) is 12.0 Å². The highest BCUT2D eigenvalue weighted by atomic mass is 16.5. The Bertz CT molecular complexity index is 469. The number of hydrogen-bond donors (Lipinski definition) is 1. The molecular formula is C14H17N3O. The Morgan fingerprint density at radius 3 is 2.94 bits per heavy atom. The summed E-state index contributed by atoms with van der Waals surface area (Å²) in [7, 11) is 0. The third kappa shape index (κ3) is 2.38. The van der Waals surface area contributed by atoms with E-state index in [2.05, 4.69) is 45.7 Å². The van der Waals surface area contributed by atoms with Crippen LogP contribution in [0.3, 0.4) is 0 Å². The molecule has 0 aliphatic carbocycles. The molecule has 3 rings (SSSR count). The molecule has 1 fully saturated rings. The first-order valence-corrected chi connectivity index (χ1v) is 6.35. The van der Waals surface area contributed by atoms with Crippen LogP contribution in [-0.2, 0) is 6.42 Å². The Balaban J connectivity index is 1.76. The Morgan fingerprint density at radius 1 is 1.28 bits per heavy atom. The van der Waals surface area contributed by atoms with Crippen molar-refractivity contribution in [3.8, 4) is 0 Å². The van der Waals surface area contributed by atoms with Gasteiger partial charge in [-0.3, -0.25) is 0 Å². The summed E-state index contributed by atoms with van der Waals surface area (Å²) in [5.41, 5.74) is 1.36. The molecule has 2 aromatic rings. The lowest BCUT2D eigenvalue weighted by Gasteiger charge is -2.35. The van der Waals surface area contributed by atoms with Gasteiger partial charge in [-0.25, -0.2) is 0 Å². The van der Waals surface area contributed by atoms with E-state index in [4.69, 9.17) is 4.52 Å². The Hall–Kier alpha value is -1.81. The molecule has 0 amide bonds. The maximum absolute atomic E-state index is 5.29. The summed E-state index contributed by atoms with van der Waals surface area (Å²) >= 11 is 0. The Labute approximate surface area is 107 Å². The zero-order chi connectivity index (χ0) is 12.2. The second-order valence-electron chi connectivity index (χ2n) is 4.59. The molecule has 1 aromatic carbocycles. The molecule has 18 heavy (non-hydrogen) atoms. The van der Waals surface area contributed by atoms with Crippen LogP contribution >= 0.6 is 0 Å². The summed E-state index contributed by atoms with van der Waals surface area (Å²) in [5.74, 6) is 0.873. The molecule has 0 radical (unpaired) electrons. The lowest BCUT2D eigenvalue weighted by molar-refractivity contribution is 0.381. The topological polar surface area (TPSA) is 41.3 Å². The van der Waals surface area contributed by atoms with Crippen LogP contribution in [0.25, 0.3) is 0 Å².